The molecule has 1 aliphatic heterocycles. The predicted molar refractivity (Wildman–Crippen MR) is 119 cm³/mol. The number of likely N-dealkylation sites (tertiary alicyclic amines) is 1. The first-order valence-electron chi connectivity index (χ1n) is 10.6. The molecule has 1 aromatic heterocycles. The van der Waals surface area contributed by atoms with Crippen molar-refractivity contribution in [2.45, 2.75) is 52.4 Å². The molecule has 1 saturated heterocycles. The van der Waals surface area contributed by atoms with Crippen LogP contribution in [0.1, 0.15) is 48.7 Å². The number of aromatic amines is 1. The van der Waals surface area contributed by atoms with E-state index in [9.17, 15) is 9.59 Å². The smallest absolute Gasteiger partial charge is 0.410 e. The van der Waals surface area contributed by atoms with Crippen LogP contribution >= 0.6 is 0 Å². The number of Topliss-reactive ketones (excluding diaryl/α,β-unsaturated/α-hetero) is 1. The average Bonchev–Trinajstić information content (AvgIpc) is 3.12. The van der Waals surface area contributed by atoms with Gasteiger partial charge in [-0.1, -0.05) is 36.4 Å². The van der Waals surface area contributed by atoms with Gasteiger partial charge in [0.1, 0.15) is 24.0 Å². The van der Waals surface area contributed by atoms with Gasteiger partial charge < -0.3 is 14.5 Å². The second-order valence-corrected chi connectivity index (χ2v) is 8.95. The minimum absolute atomic E-state index is 0.0986. The molecule has 1 N–H and O–H groups in total. The highest BCUT2D eigenvalue weighted by Gasteiger charge is 2.41. The topological polar surface area (TPSA) is 71.6 Å². The summed E-state index contributed by atoms with van der Waals surface area (Å²) in [5.41, 5.74) is 2.89. The molecule has 0 spiro atoms. The summed E-state index contributed by atoms with van der Waals surface area (Å²) in [7, 11) is 0. The first-order chi connectivity index (χ1) is 14.7. The molecule has 162 valence electrons. The lowest BCUT2D eigenvalue weighted by Gasteiger charge is -2.40. The van der Waals surface area contributed by atoms with Gasteiger partial charge in [0, 0.05) is 18.3 Å². The van der Waals surface area contributed by atoms with Crippen LogP contribution in [0.15, 0.2) is 48.7 Å². The molecular formula is C25H28N2O4. The maximum absolute atomic E-state index is 13.4. The van der Waals surface area contributed by atoms with Gasteiger partial charge in [-0.25, -0.2) is 4.79 Å². The molecule has 2 aromatic carbocycles. The molecule has 3 aromatic rings. The van der Waals surface area contributed by atoms with Gasteiger partial charge in [-0.15, -0.1) is 0 Å². The lowest BCUT2D eigenvalue weighted by atomic mass is 9.93. The van der Waals surface area contributed by atoms with E-state index in [0.717, 1.165) is 22.0 Å². The van der Waals surface area contributed by atoms with Crippen molar-refractivity contribution < 1.29 is 19.1 Å². The van der Waals surface area contributed by atoms with Crippen molar-refractivity contribution >= 4 is 22.8 Å². The van der Waals surface area contributed by atoms with E-state index in [4.69, 9.17) is 9.47 Å². The monoisotopic (exact) mass is 420 g/mol. The Balaban J connectivity index is 1.61. The van der Waals surface area contributed by atoms with Crippen LogP contribution in [0.3, 0.4) is 0 Å². The summed E-state index contributed by atoms with van der Waals surface area (Å²) in [6.45, 7) is 8.38. The van der Waals surface area contributed by atoms with Crippen LogP contribution in [0, 0.1) is 6.92 Å². The molecule has 0 radical (unpaired) electrons. The molecule has 1 aliphatic rings. The summed E-state index contributed by atoms with van der Waals surface area (Å²) in [6, 6.07) is 13.3. The lowest BCUT2D eigenvalue weighted by Crippen LogP contribution is -2.56. The fraction of sp³-hybridized carbons (Fsp3) is 0.360. The van der Waals surface area contributed by atoms with Crippen molar-refractivity contribution in [1.29, 1.82) is 0 Å². The summed E-state index contributed by atoms with van der Waals surface area (Å²) in [5, 5.41) is 0.761. The van der Waals surface area contributed by atoms with Gasteiger partial charge in [0.05, 0.1) is 10.9 Å². The van der Waals surface area contributed by atoms with Crippen LogP contribution < -0.4 is 4.74 Å². The van der Waals surface area contributed by atoms with E-state index >= 15 is 0 Å². The number of ether oxygens (including phenoxy) is 2. The third-order valence-electron chi connectivity index (χ3n) is 5.46. The molecule has 31 heavy (non-hydrogen) atoms. The van der Waals surface area contributed by atoms with Gasteiger partial charge >= 0.3 is 6.09 Å². The molecule has 6 heteroatoms. The Hall–Kier alpha value is -3.28. The summed E-state index contributed by atoms with van der Waals surface area (Å²) in [5.74, 6) is 0.552. The molecule has 0 saturated carbocycles. The van der Waals surface area contributed by atoms with Gasteiger partial charge in [0.15, 0.2) is 5.78 Å². The molecule has 1 amide bonds. The lowest BCUT2D eigenvalue weighted by molar-refractivity contribution is -0.00265. The fourth-order valence-corrected chi connectivity index (χ4v) is 3.79. The Kier molecular flexibility index (Phi) is 5.48. The van der Waals surface area contributed by atoms with Crippen LogP contribution in [0.2, 0.25) is 0 Å². The van der Waals surface area contributed by atoms with Crippen LogP contribution in [-0.2, 0) is 11.3 Å². The summed E-state index contributed by atoms with van der Waals surface area (Å²) < 4.78 is 11.6. The van der Waals surface area contributed by atoms with Crippen molar-refractivity contribution in [3.63, 3.8) is 0 Å². The minimum Gasteiger partial charge on any atom is -0.488 e. The van der Waals surface area contributed by atoms with Gasteiger partial charge in [0.2, 0.25) is 0 Å². The molecule has 2 heterocycles. The van der Waals surface area contributed by atoms with Gasteiger partial charge in [-0.2, -0.15) is 0 Å². The standard InChI is InChI=1S/C25H28N2O4/c1-16-10-11-20(30-15-17-8-6-5-7-9-17)21-18(14-26-22(16)21)23(28)19-12-13-27(19)24(29)31-25(2,3)4/h5-11,14,19,26H,12-13,15H2,1-4H3/t19-/m1/s1. The number of hydrogen-bond acceptors (Lipinski definition) is 4. The van der Waals surface area contributed by atoms with Crippen LogP contribution in [0.5, 0.6) is 5.75 Å². The first-order valence-corrected chi connectivity index (χ1v) is 10.6. The van der Waals surface area contributed by atoms with Gasteiger partial charge in [0.25, 0.3) is 0 Å². The van der Waals surface area contributed by atoms with Crippen LogP contribution in [-0.4, -0.2) is 39.9 Å². The van der Waals surface area contributed by atoms with Crippen molar-refractivity contribution in [2.75, 3.05) is 6.54 Å². The third kappa shape index (κ3) is 4.29. The Morgan fingerprint density at radius 1 is 1.13 bits per heavy atom. The average molecular weight is 421 g/mol. The van der Waals surface area contributed by atoms with E-state index in [1.54, 1.807) is 6.20 Å². The molecule has 6 nitrogen and oxygen atoms in total. The first kappa shape index (κ1) is 21.0. The minimum atomic E-state index is -0.601. The normalized spacial score (nSPS) is 16.1. The molecule has 1 fully saturated rings. The zero-order valence-electron chi connectivity index (χ0n) is 18.4. The molecule has 0 unspecified atom stereocenters. The summed E-state index contributed by atoms with van der Waals surface area (Å²) in [4.78, 5) is 30.6. The van der Waals surface area contributed by atoms with E-state index in [2.05, 4.69) is 4.98 Å². The number of aromatic nitrogens is 1. The Bertz CT molecular complexity index is 1110. The molecule has 1 atom stereocenters. The molecule has 0 bridgehead atoms. The van der Waals surface area contributed by atoms with Crippen molar-refractivity contribution in [3.8, 4) is 5.75 Å². The number of fused-ring (bicyclic) bond motifs is 1. The van der Waals surface area contributed by atoms with E-state index in [1.165, 1.54) is 4.90 Å². The number of carbonyl (C=O) groups is 2. The molecule has 0 aliphatic carbocycles. The number of hydrogen-bond donors (Lipinski definition) is 1. The number of nitrogens with one attached hydrogen (secondary N) is 1. The highest BCUT2D eigenvalue weighted by atomic mass is 16.6. The van der Waals surface area contributed by atoms with Crippen molar-refractivity contribution in [3.05, 3.63) is 65.4 Å². The number of rotatable bonds is 5. The summed E-state index contributed by atoms with van der Waals surface area (Å²) in [6.07, 6.45) is 1.89. The number of aryl methyl sites for hydroxylation is 1. The predicted octanol–water partition coefficient (Wildman–Crippen LogP) is 5.25. The highest BCUT2D eigenvalue weighted by molar-refractivity contribution is 6.13. The molecule has 4 rings (SSSR count). The number of benzene rings is 2. The van der Waals surface area contributed by atoms with Crippen LogP contribution in [0.25, 0.3) is 10.9 Å². The van der Waals surface area contributed by atoms with Gasteiger partial charge in [-0.05, 0) is 51.3 Å². The quantitative estimate of drug-likeness (QED) is 0.573. The second-order valence-electron chi connectivity index (χ2n) is 8.95. The highest BCUT2D eigenvalue weighted by Crippen LogP contribution is 2.34. The maximum Gasteiger partial charge on any atom is 0.410 e. The second kappa shape index (κ2) is 8.10. The van der Waals surface area contributed by atoms with E-state index in [0.29, 0.717) is 30.9 Å². The Morgan fingerprint density at radius 3 is 2.52 bits per heavy atom. The zero-order valence-corrected chi connectivity index (χ0v) is 18.4. The Labute approximate surface area is 182 Å². The largest absolute Gasteiger partial charge is 0.488 e. The van der Waals surface area contributed by atoms with E-state index < -0.39 is 17.7 Å². The third-order valence-corrected chi connectivity index (χ3v) is 5.46. The number of carbonyl (C=O) groups excluding carboxylic acids is 2. The SMILES string of the molecule is Cc1ccc(OCc2ccccc2)c2c(C(=O)[C@H]3CCN3C(=O)OC(C)(C)C)c[nH]c12. The van der Waals surface area contributed by atoms with Crippen molar-refractivity contribution in [1.82, 2.24) is 9.88 Å². The number of ketones is 1. The van der Waals surface area contributed by atoms with Crippen LogP contribution in [0.4, 0.5) is 4.79 Å². The number of nitrogens with zero attached hydrogens (tertiary/aromatic N) is 1. The van der Waals surface area contributed by atoms with E-state index in [1.807, 2.05) is 70.2 Å². The van der Waals surface area contributed by atoms with E-state index in [-0.39, 0.29) is 5.78 Å². The Morgan fingerprint density at radius 2 is 1.87 bits per heavy atom. The maximum atomic E-state index is 13.4. The fourth-order valence-electron chi connectivity index (χ4n) is 3.79. The number of H-pyrrole nitrogens is 1. The van der Waals surface area contributed by atoms with Crippen molar-refractivity contribution in [2.24, 2.45) is 0 Å². The van der Waals surface area contributed by atoms with Gasteiger partial charge in [-0.3, -0.25) is 9.69 Å². The summed E-state index contributed by atoms with van der Waals surface area (Å²) >= 11 is 0. The molecular weight excluding hydrogens is 392 g/mol. The number of amides is 1. The zero-order chi connectivity index (χ0) is 22.2.